The van der Waals surface area contributed by atoms with Crippen LogP contribution in [0.25, 0.3) is 10.8 Å². The van der Waals surface area contributed by atoms with Crippen LogP contribution in [0.3, 0.4) is 0 Å². The SMILES string of the molecule is COC1/C=C/OC2(C)Oc3c(C)c(O)c4c(O)c(cc(OCC(=O)N(C)Cc5ccccc5)c4c3C2=O)NC(=O)/C(C)=C\C=C\C(C)C(O)C(C)C(O)C(C)C(OC(C)=O)C1C. The number of esters is 1. The van der Waals surface area contributed by atoms with Crippen LogP contribution in [0, 0.1) is 30.6 Å². The van der Waals surface area contributed by atoms with Crippen molar-refractivity contribution in [3.8, 4) is 23.0 Å². The van der Waals surface area contributed by atoms with Crippen molar-refractivity contribution in [1.82, 2.24) is 4.90 Å². The molecular formula is C47H58N2O13. The number of fused-ring (bicyclic) bond motifs is 14. The van der Waals surface area contributed by atoms with Crippen LogP contribution in [0.5, 0.6) is 23.0 Å². The van der Waals surface area contributed by atoms with E-state index in [0.29, 0.717) is 0 Å². The molecule has 3 aliphatic rings. The average molecular weight is 859 g/mol. The minimum Gasteiger partial charge on any atom is -0.507 e. The highest BCUT2D eigenvalue weighted by molar-refractivity contribution is 6.21. The van der Waals surface area contributed by atoms with Gasteiger partial charge >= 0.3 is 11.8 Å². The molecule has 5 bridgehead atoms. The molecule has 3 aromatic carbocycles. The number of allylic oxidation sites excluding steroid dienone is 2. The van der Waals surface area contributed by atoms with Gasteiger partial charge in [0.2, 0.25) is 0 Å². The molecule has 3 aliphatic heterocycles. The van der Waals surface area contributed by atoms with E-state index < -0.39 is 95.5 Å². The second kappa shape index (κ2) is 19.4. The van der Waals surface area contributed by atoms with Gasteiger partial charge in [0.15, 0.2) is 12.4 Å². The van der Waals surface area contributed by atoms with E-state index in [1.165, 1.54) is 64.2 Å². The van der Waals surface area contributed by atoms with Gasteiger partial charge in [-0.1, -0.05) is 76.3 Å². The zero-order chi connectivity index (χ0) is 45.8. The smallest absolute Gasteiger partial charge is 0.312 e. The van der Waals surface area contributed by atoms with Crippen molar-refractivity contribution in [3.63, 3.8) is 0 Å². The minimum absolute atomic E-state index is 0.0676. The molecule has 0 spiro atoms. The van der Waals surface area contributed by atoms with Gasteiger partial charge in [-0.25, -0.2) is 0 Å². The number of carbonyl (C=O) groups is 4. The molecular weight excluding hydrogens is 801 g/mol. The molecule has 0 aliphatic carbocycles. The standard InChI is InChI=1S/C47H58N2O13/c1-24-15-14-16-25(2)46(57)48-32-21-34(59-23-35(51)49(9)22-31-17-12-11-13-18-31)36-37(42(32)55)41(54)29(6)44-38(36)45(56)47(8,62-44)60-20-19-33(58-10)26(3)43(61-30(7)50)28(5)40(53)27(4)39(24)52/h11-21,24,26-28,33,39-40,43,52-55H,22-23H2,1-10H3,(H,48,57)/b15-14+,20-19+,25-16-. The number of benzene rings is 3. The van der Waals surface area contributed by atoms with Crippen LogP contribution >= 0.6 is 0 Å². The van der Waals surface area contributed by atoms with Crippen molar-refractivity contribution in [2.45, 2.75) is 92.1 Å². The molecule has 2 amide bonds. The quantitative estimate of drug-likeness (QED) is 0.135. The van der Waals surface area contributed by atoms with E-state index >= 15 is 0 Å². The number of hydrogen-bond donors (Lipinski definition) is 5. The lowest BCUT2D eigenvalue weighted by Crippen LogP contribution is -2.46. The summed E-state index contributed by atoms with van der Waals surface area (Å²) in [6, 6.07) is 10.6. The van der Waals surface area contributed by atoms with E-state index in [9.17, 15) is 39.6 Å². The summed E-state index contributed by atoms with van der Waals surface area (Å²) in [5.74, 6) is -8.21. The van der Waals surface area contributed by atoms with E-state index in [0.717, 1.165) is 5.56 Å². The third-order valence-corrected chi connectivity index (χ3v) is 11.9. The molecule has 15 heteroatoms. The van der Waals surface area contributed by atoms with Crippen LogP contribution in [0.4, 0.5) is 5.69 Å². The predicted molar refractivity (Wildman–Crippen MR) is 231 cm³/mol. The van der Waals surface area contributed by atoms with E-state index in [2.05, 4.69) is 5.32 Å². The van der Waals surface area contributed by atoms with E-state index in [-0.39, 0.29) is 51.2 Å². The third kappa shape index (κ3) is 9.75. The Labute approximate surface area is 361 Å². The van der Waals surface area contributed by atoms with Crippen LogP contribution in [-0.2, 0) is 35.1 Å². The van der Waals surface area contributed by atoms with Gasteiger partial charge in [0, 0.05) is 80.8 Å². The van der Waals surface area contributed by atoms with Crippen molar-refractivity contribution >= 4 is 40.0 Å². The maximum Gasteiger partial charge on any atom is 0.312 e. The van der Waals surface area contributed by atoms with Crippen LogP contribution < -0.4 is 14.8 Å². The van der Waals surface area contributed by atoms with Crippen molar-refractivity contribution < 1.29 is 63.3 Å². The van der Waals surface area contributed by atoms with Gasteiger partial charge in [-0.3, -0.25) is 19.2 Å². The Bertz CT molecular complexity index is 2270. The Balaban J connectivity index is 1.65. The summed E-state index contributed by atoms with van der Waals surface area (Å²) in [7, 11) is 3.04. The zero-order valence-electron chi connectivity index (χ0n) is 36.8. The number of nitrogens with one attached hydrogen (secondary N) is 1. The molecule has 0 saturated carbocycles. The molecule has 3 heterocycles. The van der Waals surface area contributed by atoms with Gasteiger partial charge in [0.25, 0.3) is 17.6 Å². The molecule has 3 aromatic rings. The average Bonchev–Trinajstić information content (AvgIpc) is 3.50. The van der Waals surface area contributed by atoms with Crippen molar-refractivity contribution in [1.29, 1.82) is 0 Å². The Morgan fingerprint density at radius 2 is 1.61 bits per heavy atom. The number of phenols is 2. The number of aromatic hydroxyl groups is 2. The third-order valence-electron chi connectivity index (χ3n) is 11.9. The lowest BCUT2D eigenvalue weighted by molar-refractivity contribution is -0.160. The fourth-order valence-corrected chi connectivity index (χ4v) is 7.94. The van der Waals surface area contributed by atoms with Gasteiger partial charge in [-0.05, 0) is 25.5 Å². The molecule has 0 fully saturated rings. The van der Waals surface area contributed by atoms with Gasteiger partial charge in [0.05, 0.1) is 41.2 Å². The maximum atomic E-state index is 14.6. The normalized spacial score (nSPS) is 28.9. The summed E-state index contributed by atoms with van der Waals surface area (Å²) in [6.45, 7) is 12.3. The number of amides is 2. The largest absolute Gasteiger partial charge is 0.507 e. The molecule has 6 rings (SSSR count). The molecule has 9 atom stereocenters. The predicted octanol–water partition coefficient (Wildman–Crippen LogP) is 6.09. The first-order valence-electron chi connectivity index (χ1n) is 20.5. The van der Waals surface area contributed by atoms with Crippen LogP contribution in [0.2, 0.25) is 0 Å². The minimum atomic E-state index is -2.04. The summed E-state index contributed by atoms with van der Waals surface area (Å²) < 4.78 is 29.8. The highest BCUT2D eigenvalue weighted by atomic mass is 16.7. The van der Waals surface area contributed by atoms with Gasteiger partial charge in [0.1, 0.15) is 23.4 Å². The Hall–Kier alpha value is -5.90. The number of aliphatic hydroxyl groups excluding tert-OH is 2. The van der Waals surface area contributed by atoms with Crippen molar-refractivity contribution in [3.05, 3.63) is 89.2 Å². The number of anilines is 1. The van der Waals surface area contributed by atoms with Crippen LogP contribution in [-0.4, -0.2) is 99.9 Å². The molecule has 62 heavy (non-hydrogen) atoms. The van der Waals surface area contributed by atoms with Gasteiger partial charge in [-0.2, -0.15) is 0 Å². The van der Waals surface area contributed by atoms with Gasteiger partial charge in [-0.15, -0.1) is 0 Å². The number of nitrogens with zero attached hydrogens (tertiary/aromatic N) is 1. The molecule has 5 N–H and O–H groups in total. The molecule has 0 radical (unpaired) electrons. The number of methoxy groups -OCH3 is 1. The lowest BCUT2D eigenvalue weighted by atomic mass is 9.78. The molecule has 15 nitrogen and oxygen atoms in total. The summed E-state index contributed by atoms with van der Waals surface area (Å²) >= 11 is 0. The fraction of sp³-hybridized carbons (Fsp3) is 0.447. The molecule has 0 saturated heterocycles. The molecule has 0 aromatic heterocycles. The monoisotopic (exact) mass is 858 g/mol. The number of aliphatic hydroxyl groups is 2. The summed E-state index contributed by atoms with van der Waals surface area (Å²) in [4.78, 5) is 55.4. The highest BCUT2D eigenvalue weighted by Crippen LogP contribution is 2.54. The number of likely N-dealkylation sites (N-methyl/N-ethyl adjacent to an activating group) is 1. The van der Waals surface area contributed by atoms with Crippen molar-refractivity contribution in [2.75, 3.05) is 26.1 Å². The fourth-order valence-electron chi connectivity index (χ4n) is 7.94. The second-order valence-electron chi connectivity index (χ2n) is 16.4. The number of hydrogen-bond acceptors (Lipinski definition) is 13. The maximum absolute atomic E-state index is 14.6. The number of carbonyl (C=O) groups excluding carboxylic acids is 4. The molecule has 334 valence electrons. The number of rotatable bonds is 7. The van der Waals surface area contributed by atoms with Crippen LogP contribution in [0.1, 0.15) is 70.0 Å². The lowest BCUT2D eigenvalue weighted by Gasteiger charge is -2.38. The number of phenolic OH excluding ortho intramolecular Hbond substituents is 2. The summed E-state index contributed by atoms with van der Waals surface area (Å²) in [6.07, 6.45) is 3.56. The summed E-state index contributed by atoms with van der Waals surface area (Å²) in [5, 5.41) is 48.6. The zero-order valence-corrected chi connectivity index (χ0v) is 36.8. The van der Waals surface area contributed by atoms with E-state index in [1.807, 2.05) is 30.3 Å². The first-order valence-corrected chi connectivity index (χ1v) is 20.5. The van der Waals surface area contributed by atoms with E-state index in [1.54, 1.807) is 46.9 Å². The van der Waals surface area contributed by atoms with Crippen LogP contribution in [0.15, 0.2) is 72.5 Å². The Morgan fingerprint density at radius 1 is 0.935 bits per heavy atom. The molecule has 9 unspecified atom stereocenters. The topological polar surface area (TPSA) is 211 Å². The van der Waals surface area contributed by atoms with E-state index in [4.69, 9.17) is 23.7 Å². The Kier molecular flexibility index (Phi) is 14.8. The number of ketones is 1. The summed E-state index contributed by atoms with van der Waals surface area (Å²) in [5.41, 5.74) is 0.823. The Morgan fingerprint density at radius 3 is 2.26 bits per heavy atom. The first kappa shape index (κ1) is 47.2. The number of ether oxygens (including phenoxy) is 5. The number of Topliss-reactive ketones (excluding diaryl/α,β-unsaturated/α-hetero) is 1. The highest BCUT2D eigenvalue weighted by Gasteiger charge is 2.50. The first-order chi connectivity index (χ1) is 29.2. The second-order valence-corrected chi connectivity index (χ2v) is 16.4. The van der Waals surface area contributed by atoms with Crippen molar-refractivity contribution in [2.24, 2.45) is 23.7 Å². The van der Waals surface area contributed by atoms with Gasteiger partial charge < -0.3 is 54.3 Å².